The molecular formula is C22H37FN6O. The third-order valence-corrected chi connectivity index (χ3v) is 5.96. The van der Waals surface area contributed by atoms with E-state index in [0.29, 0.717) is 6.54 Å². The van der Waals surface area contributed by atoms with Crippen molar-refractivity contribution in [3.05, 3.63) is 35.6 Å². The maximum Gasteiger partial charge on any atom is 0.191 e. The summed E-state index contributed by atoms with van der Waals surface area (Å²) in [5.41, 5.74) is 1.11. The van der Waals surface area contributed by atoms with Gasteiger partial charge in [0, 0.05) is 52.9 Å². The molecule has 0 radical (unpaired) electrons. The third-order valence-electron chi connectivity index (χ3n) is 5.96. The summed E-state index contributed by atoms with van der Waals surface area (Å²) in [5, 5.41) is 6.92. The highest BCUT2D eigenvalue weighted by Gasteiger charge is 2.23. The summed E-state index contributed by atoms with van der Waals surface area (Å²) < 4.78 is 18.9. The van der Waals surface area contributed by atoms with Crippen LogP contribution >= 0.6 is 0 Å². The summed E-state index contributed by atoms with van der Waals surface area (Å²) in [7, 11) is 4.00. The van der Waals surface area contributed by atoms with Crippen LogP contribution in [0.25, 0.3) is 0 Å². The second kappa shape index (κ2) is 12.2. The number of rotatable bonds is 7. The van der Waals surface area contributed by atoms with E-state index in [-0.39, 0.29) is 11.9 Å². The minimum Gasteiger partial charge on any atom is -0.379 e. The quantitative estimate of drug-likeness (QED) is 0.507. The molecule has 0 bridgehead atoms. The van der Waals surface area contributed by atoms with Crippen LogP contribution in [0.4, 0.5) is 4.39 Å². The number of likely N-dealkylation sites (N-methyl/N-ethyl adjacent to an activating group) is 1. The van der Waals surface area contributed by atoms with Gasteiger partial charge in [-0.05, 0) is 44.3 Å². The van der Waals surface area contributed by atoms with Gasteiger partial charge in [0.1, 0.15) is 5.82 Å². The van der Waals surface area contributed by atoms with Gasteiger partial charge in [-0.15, -0.1) is 0 Å². The lowest BCUT2D eigenvalue weighted by atomic mass is 10.0. The molecule has 0 spiro atoms. The van der Waals surface area contributed by atoms with Gasteiger partial charge in [0.15, 0.2) is 5.96 Å². The molecule has 2 fully saturated rings. The molecule has 8 heteroatoms. The number of aliphatic imine (C=N–C) groups is 1. The number of hydrogen-bond donors (Lipinski definition) is 2. The number of halogens is 1. The largest absolute Gasteiger partial charge is 0.379 e. The van der Waals surface area contributed by atoms with Crippen LogP contribution in [0.15, 0.2) is 29.3 Å². The van der Waals surface area contributed by atoms with E-state index in [9.17, 15) is 4.39 Å². The predicted octanol–water partition coefficient (Wildman–Crippen LogP) is 1.00. The van der Waals surface area contributed by atoms with Gasteiger partial charge < -0.3 is 25.2 Å². The summed E-state index contributed by atoms with van der Waals surface area (Å²) in [6.45, 7) is 10.4. The van der Waals surface area contributed by atoms with Gasteiger partial charge in [-0.2, -0.15) is 0 Å². The van der Waals surface area contributed by atoms with Crippen LogP contribution in [0.5, 0.6) is 0 Å². The van der Waals surface area contributed by atoms with Crippen LogP contribution < -0.4 is 10.6 Å². The normalized spacial score (nSPS) is 21.2. The van der Waals surface area contributed by atoms with Crippen LogP contribution in [0.1, 0.15) is 18.0 Å². The Kier molecular flexibility index (Phi) is 9.32. The SMILES string of the molecule is CN=C(NCCN1CCCN(C)CC1)NCC(c1ccc(F)cc1)N1CCOCC1. The first-order valence-corrected chi connectivity index (χ1v) is 11.1. The first-order chi connectivity index (χ1) is 14.7. The lowest BCUT2D eigenvalue weighted by molar-refractivity contribution is 0.0170. The van der Waals surface area contributed by atoms with Crippen molar-refractivity contribution in [2.45, 2.75) is 12.5 Å². The van der Waals surface area contributed by atoms with Crippen molar-refractivity contribution in [2.75, 3.05) is 86.2 Å². The molecule has 168 valence electrons. The molecule has 1 aromatic rings. The molecule has 1 unspecified atom stereocenters. The van der Waals surface area contributed by atoms with Crippen molar-refractivity contribution >= 4 is 5.96 Å². The molecule has 2 aliphatic heterocycles. The fourth-order valence-electron chi connectivity index (χ4n) is 4.10. The van der Waals surface area contributed by atoms with Gasteiger partial charge in [-0.3, -0.25) is 9.89 Å². The minimum absolute atomic E-state index is 0.147. The molecule has 0 saturated carbocycles. The number of nitrogens with zero attached hydrogens (tertiary/aromatic N) is 4. The standard InChI is InChI=1S/C22H37FN6O/c1-24-22(25-8-11-28-10-3-9-27(2)12-13-28)26-18-21(29-14-16-30-17-15-29)19-4-6-20(23)7-5-19/h4-7,21H,3,8-18H2,1-2H3,(H2,24,25,26). The topological polar surface area (TPSA) is 55.4 Å². The molecule has 0 aliphatic carbocycles. The molecule has 30 heavy (non-hydrogen) atoms. The molecule has 7 nitrogen and oxygen atoms in total. The van der Waals surface area contributed by atoms with Gasteiger partial charge in [0.05, 0.1) is 19.3 Å². The Morgan fingerprint density at radius 2 is 1.83 bits per heavy atom. The number of hydrogen-bond acceptors (Lipinski definition) is 5. The average Bonchev–Trinajstić information content (AvgIpc) is 2.98. The van der Waals surface area contributed by atoms with Crippen LogP contribution in [0.3, 0.4) is 0 Å². The zero-order valence-electron chi connectivity index (χ0n) is 18.4. The number of morpholine rings is 1. The van der Waals surface area contributed by atoms with Crippen LogP contribution in [0.2, 0.25) is 0 Å². The smallest absolute Gasteiger partial charge is 0.191 e. The highest BCUT2D eigenvalue weighted by atomic mass is 19.1. The molecule has 1 aromatic carbocycles. The Morgan fingerprint density at radius 1 is 1.07 bits per heavy atom. The monoisotopic (exact) mass is 420 g/mol. The maximum absolute atomic E-state index is 13.4. The summed E-state index contributed by atoms with van der Waals surface area (Å²) in [4.78, 5) is 11.7. The van der Waals surface area contributed by atoms with Crippen molar-refractivity contribution in [2.24, 2.45) is 4.99 Å². The molecule has 0 aromatic heterocycles. The van der Waals surface area contributed by atoms with E-state index >= 15 is 0 Å². The Balaban J connectivity index is 1.50. The predicted molar refractivity (Wildman–Crippen MR) is 119 cm³/mol. The van der Waals surface area contributed by atoms with E-state index in [1.165, 1.54) is 25.1 Å². The van der Waals surface area contributed by atoms with E-state index in [0.717, 1.165) is 70.6 Å². The number of nitrogens with one attached hydrogen (secondary N) is 2. The molecule has 2 saturated heterocycles. The molecular weight excluding hydrogens is 383 g/mol. The number of ether oxygens (including phenoxy) is 1. The van der Waals surface area contributed by atoms with Crippen molar-refractivity contribution in [1.29, 1.82) is 0 Å². The second-order valence-electron chi connectivity index (χ2n) is 8.09. The average molecular weight is 421 g/mol. The van der Waals surface area contributed by atoms with Gasteiger partial charge in [-0.1, -0.05) is 12.1 Å². The van der Waals surface area contributed by atoms with E-state index in [4.69, 9.17) is 4.74 Å². The summed E-state index contributed by atoms with van der Waals surface area (Å²) in [5.74, 6) is 0.604. The zero-order valence-corrected chi connectivity index (χ0v) is 18.4. The van der Waals surface area contributed by atoms with E-state index in [1.807, 2.05) is 12.1 Å². The highest BCUT2D eigenvalue weighted by molar-refractivity contribution is 5.79. The van der Waals surface area contributed by atoms with E-state index in [2.05, 4.69) is 37.4 Å². The van der Waals surface area contributed by atoms with Crippen molar-refractivity contribution in [3.63, 3.8) is 0 Å². The third kappa shape index (κ3) is 7.19. The molecule has 3 rings (SSSR count). The number of guanidine groups is 1. The maximum atomic E-state index is 13.4. The van der Waals surface area contributed by atoms with Gasteiger partial charge in [-0.25, -0.2) is 4.39 Å². The van der Waals surface area contributed by atoms with Gasteiger partial charge in [0.2, 0.25) is 0 Å². The molecule has 2 aliphatic rings. The van der Waals surface area contributed by atoms with Crippen molar-refractivity contribution in [3.8, 4) is 0 Å². The summed E-state index contributed by atoms with van der Waals surface area (Å²) in [6, 6.07) is 6.98. The minimum atomic E-state index is -0.204. The molecule has 2 heterocycles. The van der Waals surface area contributed by atoms with Crippen molar-refractivity contribution < 1.29 is 9.13 Å². The van der Waals surface area contributed by atoms with E-state index < -0.39 is 0 Å². The highest BCUT2D eigenvalue weighted by Crippen LogP contribution is 2.21. The lowest BCUT2D eigenvalue weighted by Crippen LogP contribution is -2.47. The Labute approximate surface area is 180 Å². The second-order valence-corrected chi connectivity index (χ2v) is 8.09. The van der Waals surface area contributed by atoms with E-state index in [1.54, 1.807) is 7.05 Å². The van der Waals surface area contributed by atoms with Gasteiger partial charge >= 0.3 is 0 Å². The Morgan fingerprint density at radius 3 is 2.57 bits per heavy atom. The van der Waals surface area contributed by atoms with Crippen LogP contribution in [-0.2, 0) is 4.74 Å². The molecule has 0 amide bonds. The van der Waals surface area contributed by atoms with Crippen LogP contribution in [0, 0.1) is 5.82 Å². The van der Waals surface area contributed by atoms with Crippen LogP contribution in [-0.4, -0.2) is 107 Å². The zero-order chi connectivity index (χ0) is 21.2. The number of benzene rings is 1. The first kappa shape index (κ1) is 22.9. The summed E-state index contributed by atoms with van der Waals surface area (Å²) in [6.07, 6.45) is 1.22. The lowest BCUT2D eigenvalue weighted by Gasteiger charge is -2.35. The Hall–Kier alpha value is -1.74. The Bertz CT molecular complexity index is 650. The first-order valence-electron chi connectivity index (χ1n) is 11.1. The van der Waals surface area contributed by atoms with Crippen molar-refractivity contribution in [1.82, 2.24) is 25.3 Å². The fraction of sp³-hybridized carbons (Fsp3) is 0.682. The molecule has 1 atom stereocenters. The van der Waals surface area contributed by atoms with Gasteiger partial charge in [0.25, 0.3) is 0 Å². The fourth-order valence-corrected chi connectivity index (χ4v) is 4.10. The summed E-state index contributed by atoms with van der Waals surface area (Å²) >= 11 is 0. The molecule has 2 N–H and O–H groups in total.